The molecule has 0 spiro atoms. The van der Waals surface area contributed by atoms with Crippen LogP contribution in [0.25, 0.3) is 0 Å². The van der Waals surface area contributed by atoms with Gasteiger partial charge < -0.3 is 4.90 Å². The van der Waals surface area contributed by atoms with Gasteiger partial charge in [0.2, 0.25) is 0 Å². The summed E-state index contributed by atoms with van der Waals surface area (Å²) in [4.78, 5) is 2.50. The molecule has 1 aliphatic rings. The lowest BCUT2D eigenvalue weighted by molar-refractivity contribution is 0.267. The summed E-state index contributed by atoms with van der Waals surface area (Å²) in [7, 11) is 0. The van der Waals surface area contributed by atoms with Crippen LogP contribution in [-0.2, 0) is 0 Å². The standard InChI is InChI=1S/C15H28N2/c16-12-11-15-17-13-9-7-5-3-1-2-4-6-8-10-14-17/h1-11,13-15H2. The molecule has 0 atom stereocenters. The fraction of sp³-hybridized carbons (Fsp3) is 0.933. The zero-order valence-electron chi connectivity index (χ0n) is 11.3. The Morgan fingerprint density at radius 3 is 1.53 bits per heavy atom. The minimum Gasteiger partial charge on any atom is -0.302 e. The molecule has 0 bridgehead atoms. The van der Waals surface area contributed by atoms with E-state index in [2.05, 4.69) is 11.0 Å². The summed E-state index contributed by atoms with van der Waals surface area (Å²) in [5, 5.41) is 8.67. The third-order valence-corrected chi connectivity index (χ3v) is 3.74. The van der Waals surface area contributed by atoms with Crippen molar-refractivity contribution in [3.8, 4) is 6.07 Å². The number of nitriles is 1. The van der Waals surface area contributed by atoms with Crippen molar-refractivity contribution < 1.29 is 0 Å². The summed E-state index contributed by atoms with van der Waals surface area (Å²) in [6.45, 7) is 3.40. The summed E-state index contributed by atoms with van der Waals surface area (Å²) in [5.41, 5.74) is 0. The monoisotopic (exact) mass is 236 g/mol. The second-order valence-corrected chi connectivity index (χ2v) is 5.29. The summed E-state index contributed by atoms with van der Waals surface area (Å²) in [6, 6.07) is 2.27. The summed E-state index contributed by atoms with van der Waals surface area (Å²) in [6.07, 6.45) is 14.7. The molecule has 0 unspecified atom stereocenters. The van der Waals surface area contributed by atoms with E-state index in [4.69, 9.17) is 5.26 Å². The van der Waals surface area contributed by atoms with Crippen molar-refractivity contribution in [3.05, 3.63) is 0 Å². The molecule has 1 fully saturated rings. The van der Waals surface area contributed by atoms with Gasteiger partial charge in [0.05, 0.1) is 6.07 Å². The van der Waals surface area contributed by atoms with Crippen LogP contribution < -0.4 is 0 Å². The number of hydrogen-bond acceptors (Lipinski definition) is 2. The maximum absolute atomic E-state index is 8.67. The SMILES string of the molecule is N#CCCN1CCCCCCCCCCCC1. The number of rotatable bonds is 2. The van der Waals surface area contributed by atoms with E-state index in [1.54, 1.807) is 0 Å². The van der Waals surface area contributed by atoms with E-state index in [0.29, 0.717) is 6.42 Å². The zero-order chi connectivity index (χ0) is 12.2. The van der Waals surface area contributed by atoms with Gasteiger partial charge in [0.25, 0.3) is 0 Å². The van der Waals surface area contributed by atoms with Crippen molar-refractivity contribution in [2.75, 3.05) is 19.6 Å². The molecule has 1 heterocycles. The first kappa shape index (κ1) is 14.5. The van der Waals surface area contributed by atoms with Crippen LogP contribution in [0, 0.1) is 11.3 Å². The molecule has 1 rings (SSSR count). The lowest BCUT2D eigenvalue weighted by atomic mass is 10.1. The number of nitrogens with zero attached hydrogens (tertiary/aromatic N) is 2. The minimum atomic E-state index is 0.694. The zero-order valence-corrected chi connectivity index (χ0v) is 11.3. The third-order valence-electron chi connectivity index (χ3n) is 3.74. The Labute approximate surface area is 107 Å². The van der Waals surface area contributed by atoms with Crippen LogP contribution in [0.15, 0.2) is 0 Å². The number of hydrogen-bond donors (Lipinski definition) is 0. The van der Waals surface area contributed by atoms with Crippen LogP contribution in [0.2, 0.25) is 0 Å². The molecule has 2 heteroatoms. The van der Waals surface area contributed by atoms with Crippen molar-refractivity contribution in [2.45, 2.75) is 70.6 Å². The van der Waals surface area contributed by atoms with Crippen molar-refractivity contribution in [1.29, 1.82) is 5.26 Å². The second-order valence-electron chi connectivity index (χ2n) is 5.29. The molecular weight excluding hydrogens is 208 g/mol. The summed E-state index contributed by atoms with van der Waals surface area (Å²) >= 11 is 0. The Balaban J connectivity index is 2.23. The Kier molecular flexibility index (Phi) is 9.04. The van der Waals surface area contributed by atoms with E-state index in [9.17, 15) is 0 Å². The van der Waals surface area contributed by atoms with Crippen LogP contribution in [0.3, 0.4) is 0 Å². The van der Waals surface area contributed by atoms with Crippen LogP contribution in [0.5, 0.6) is 0 Å². The maximum atomic E-state index is 8.67. The van der Waals surface area contributed by atoms with Crippen LogP contribution in [0.1, 0.15) is 70.6 Å². The Bertz CT molecular complexity index is 193. The highest BCUT2D eigenvalue weighted by atomic mass is 15.1. The smallest absolute Gasteiger partial charge is 0.0635 e. The first-order chi connectivity index (χ1) is 8.43. The molecule has 0 aromatic heterocycles. The average molecular weight is 236 g/mol. The topological polar surface area (TPSA) is 27.0 Å². The molecule has 0 aromatic rings. The molecule has 1 saturated heterocycles. The Morgan fingerprint density at radius 1 is 0.706 bits per heavy atom. The molecule has 0 amide bonds. The van der Waals surface area contributed by atoms with Gasteiger partial charge in [0, 0.05) is 13.0 Å². The van der Waals surface area contributed by atoms with Gasteiger partial charge in [-0.3, -0.25) is 0 Å². The highest BCUT2D eigenvalue weighted by Crippen LogP contribution is 2.13. The average Bonchev–Trinajstić information content (AvgIpc) is 2.37. The second kappa shape index (κ2) is 10.6. The van der Waals surface area contributed by atoms with Gasteiger partial charge in [-0.1, -0.05) is 51.4 Å². The highest BCUT2D eigenvalue weighted by Gasteiger charge is 2.05. The minimum absolute atomic E-state index is 0.694. The van der Waals surface area contributed by atoms with E-state index >= 15 is 0 Å². The molecule has 0 saturated carbocycles. The van der Waals surface area contributed by atoms with Crippen LogP contribution in [-0.4, -0.2) is 24.5 Å². The quantitative estimate of drug-likeness (QED) is 0.721. The predicted octanol–water partition coefficient (Wildman–Crippen LogP) is 4.12. The van der Waals surface area contributed by atoms with Crippen molar-refractivity contribution >= 4 is 0 Å². The van der Waals surface area contributed by atoms with Gasteiger partial charge in [-0.25, -0.2) is 0 Å². The molecule has 0 radical (unpaired) electrons. The van der Waals surface area contributed by atoms with E-state index in [1.165, 1.54) is 77.3 Å². The summed E-state index contributed by atoms with van der Waals surface area (Å²) < 4.78 is 0. The molecule has 17 heavy (non-hydrogen) atoms. The predicted molar refractivity (Wildman–Crippen MR) is 72.8 cm³/mol. The molecule has 1 aliphatic heterocycles. The van der Waals surface area contributed by atoms with Gasteiger partial charge in [-0.15, -0.1) is 0 Å². The first-order valence-electron chi connectivity index (χ1n) is 7.53. The lowest BCUT2D eigenvalue weighted by Gasteiger charge is -2.20. The van der Waals surface area contributed by atoms with Crippen molar-refractivity contribution in [1.82, 2.24) is 4.90 Å². The Morgan fingerprint density at radius 2 is 1.12 bits per heavy atom. The molecular formula is C15H28N2. The van der Waals surface area contributed by atoms with Crippen LogP contribution >= 0.6 is 0 Å². The fourth-order valence-corrected chi connectivity index (χ4v) is 2.63. The normalized spacial score (nSPS) is 21.8. The van der Waals surface area contributed by atoms with Gasteiger partial charge in [0.1, 0.15) is 0 Å². The molecule has 2 nitrogen and oxygen atoms in total. The molecule has 98 valence electrons. The van der Waals surface area contributed by atoms with Crippen molar-refractivity contribution in [3.63, 3.8) is 0 Å². The van der Waals surface area contributed by atoms with E-state index < -0.39 is 0 Å². The van der Waals surface area contributed by atoms with E-state index in [1.807, 2.05) is 0 Å². The fourth-order valence-electron chi connectivity index (χ4n) is 2.63. The molecule has 0 aliphatic carbocycles. The third kappa shape index (κ3) is 8.21. The Hall–Kier alpha value is -0.550. The largest absolute Gasteiger partial charge is 0.302 e. The molecule has 0 N–H and O–H groups in total. The van der Waals surface area contributed by atoms with Crippen molar-refractivity contribution in [2.24, 2.45) is 0 Å². The van der Waals surface area contributed by atoms with E-state index in [0.717, 1.165) is 6.54 Å². The van der Waals surface area contributed by atoms with Gasteiger partial charge in [-0.2, -0.15) is 5.26 Å². The van der Waals surface area contributed by atoms with Crippen LogP contribution in [0.4, 0.5) is 0 Å². The molecule has 0 aromatic carbocycles. The maximum Gasteiger partial charge on any atom is 0.0635 e. The summed E-state index contributed by atoms with van der Waals surface area (Å²) in [5.74, 6) is 0. The first-order valence-corrected chi connectivity index (χ1v) is 7.53. The van der Waals surface area contributed by atoms with Gasteiger partial charge >= 0.3 is 0 Å². The van der Waals surface area contributed by atoms with E-state index in [-0.39, 0.29) is 0 Å². The van der Waals surface area contributed by atoms with Gasteiger partial charge in [-0.05, 0) is 25.9 Å². The van der Waals surface area contributed by atoms with Gasteiger partial charge in [0.15, 0.2) is 0 Å². The highest BCUT2D eigenvalue weighted by molar-refractivity contribution is 4.72. The lowest BCUT2D eigenvalue weighted by Crippen LogP contribution is -2.27.